The standard InChI is InChI=1S/C25H25N3O3S/c1-4-28-22-12-11-18(14-21(22)26-17(2)24(28)29)25(30)27(16-20-9-7-13-32-20)15-19-8-5-6-10-23(19)31-3/h5-14H,4,15-16H2,1-3H3. The lowest BCUT2D eigenvalue weighted by atomic mass is 10.1. The predicted molar refractivity (Wildman–Crippen MR) is 127 cm³/mol. The quantitative estimate of drug-likeness (QED) is 0.414. The number of aryl methyl sites for hydroxylation is 2. The molecule has 0 unspecified atom stereocenters. The number of methoxy groups -OCH3 is 1. The molecular weight excluding hydrogens is 422 g/mol. The zero-order valence-electron chi connectivity index (χ0n) is 18.4. The molecule has 7 heteroatoms. The van der Waals surface area contributed by atoms with Crippen LogP contribution in [0.5, 0.6) is 5.75 Å². The molecule has 2 aromatic carbocycles. The van der Waals surface area contributed by atoms with Crippen molar-refractivity contribution in [2.45, 2.75) is 33.5 Å². The molecule has 6 nitrogen and oxygen atoms in total. The molecule has 0 saturated carbocycles. The van der Waals surface area contributed by atoms with Crippen LogP contribution >= 0.6 is 11.3 Å². The number of aromatic nitrogens is 2. The molecule has 4 aromatic rings. The lowest BCUT2D eigenvalue weighted by molar-refractivity contribution is 0.0731. The van der Waals surface area contributed by atoms with Gasteiger partial charge < -0.3 is 14.2 Å². The zero-order valence-corrected chi connectivity index (χ0v) is 19.2. The number of hydrogen-bond acceptors (Lipinski definition) is 5. The van der Waals surface area contributed by atoms with E-state index in [1.807, 2.05) is 59.7 Å². The normalized spacial score (nSPS) is 11.0. The molecule has 4 rings (SSSR count). The highest BCUT2D eigenvalue weighted by molar-refractivity contribution is 7.09. The van der Waals surface area contributed by atoms with E-state index in [2.05, 4.69) is 4.98 Å². The van der Waals surface area contributed by atoms with Gasteiger partial charge in [0.15, 0.2) is 0 Å². The van der Waals surface area contributed by atoms with Gasteiger partial charge in [0.05, 0.1) is 31.2 Å². The summed E-state index contributed by atoms with van der Waals surface area (Å²) in [4.78, 5) is 33.4. The van der Waals surface area contributed by atoms with Crippen molar-refractivity contribution in [1.29, 1.82) is 0 Å². The van der Waals surface area contributed by atoms with Crippen molar-refractivity contribution >= 4 is 28.3 Å². The first-order valence-corrected chi connectivity index (χ1v) is 11.3. The first-order chi connectivity index (χ1) is 15.5. The fourth-order valence-electron chi connectivity index (χ4n) is 3.83. The summed E-state index contributed by atoms with van der Waals surface area (Å²) < 4.78 is 7.18. The van der Waals surface area contributed by atoms with Gasteiger partial charge in [-0.15, -0.1) is 11.3 Å². The lowest BCUT2D eigenvalue weighted by Crippen LogP contribution is -2.30. The molecule has 1 amide bonds. The van der Waals surface area contributed by atoms with Crippen molar-refractivity contribution < 1.29 is 9.53 Å². The summed E-state index contributed by atoms with van der Waals surface area (Å²) in [5, 5.41) is 2.01. The number of rotatable bonds is 7. The molecule has 0 aliphatic rings. The smallest absolute Gasteiger partial charge is 0.272 e. The van der Waals surface area contributed by atoms with Crippen LogP contribution in [0.4, 0.5) is 0 Å². The Morgan fingerprint density at radius 1 is 1.12 bits per heavy atom. The molecule has 0 bridgehead atoms. The van der Waals surface area contributed by atoms with Gasteiger partial charge in [-0.3, -0.25) is 9.59 Å². The summed E-state index contributed by atoms with van der Waals surface area (Å²) >= 11 is 1.62. The summed E-state index contributed by atoms with van der Waals surface area (Å²) in [6, 6.07) is 17.1. The van der Waals surface area contributed by atoms with E-state index in [1.165, 1.54) is 0 Å². The zero-order chi connectivity index (χ0) is 22.7. The van der Waals surface area contributed by atoms with Gasteiger partial charge in [-0.05, 0) is 49.6 Å². The molecule has 0 spiro atoms. The number of carbonyl (C=O) groups is 1. The first-order valence-electron chi connectivity index (χ1n) is 10.5. The number of hydrogen-bond donors (Lipinski definition) is 0. The summed E-state index contributed by atoms with van der Waals surface area (Å²) in [7, 11) is 1.63. The summed E-state index contributed by atoms with van der Waals surface area (Å²) in [6.45, 7) is 5.08. The number of amides is 1. The summed E-state index contributed by atoms with van der Waals surface area (Å²) in [6.07, 6.45) is 0. The summed E-state index contributed by atoms with van der Waals surface area (Å²) in [5.41, 5.74) is 3.17. The van der Waals surface area contributed by atoms with Crippen LogP contribution in [0.15, 0.2) is 64.8 Å². The Morgan fingerprint density at radius 3 is 2.66 bits per heavy atom. The average molecular weight is 448 g/mol. The molecule has 0 fully saturated rings. The highest BCUT2D eigenvalue weighted by Gasteiger charge is 2.20. The van der Waals surface area contributed by atoms with Gasteiger partial charge in [-0.1, -0.05) is 24.3 Å². The first kappa shape index (κ1) is 21.8. The SMILES string of the molecule is CCn1c(=O)c(C)nc2cc(C(=O)N(Cc3cccs3)Cc3ccccc3OC)ccc21. The molecule has 0 aliphatic carbocycles. The Labute approximate surface area is 190 Å². The second-order valence-electron chi connectivity index (χ2n) is 7.50. The van der Waals surface area contributed by atoms with Crippen LogP contribution < -0.4 is 10.3 Å². The molecule has 164 valence electrons. The predicted octanol–water partition coefficient (Wildman–Crippen LogP) is 4.64. The van der Waals surface area contributed by atoms with Crippen molar-refractivity contribution in [1.82, 2.24) is 14.5 Å². The Hall–Kier alpha value is -3.45. The second kappa shape index (κ2) is 9.36. The molecule has 0 atom stereocenters. The van der Waals surface area contributed by atoms with E-state index in [1.54, 1.807) is 42.1 Å². The highest BCUT2D eigenvalue weighted by atomic mass is 32.1. The third kappa shape index (κ3) is 4.29. The number of nitrogens with zero attached hydrogens (tertiary/aromatic N) is 3. The van der Waals surface area contributed by atoms with Crippen LogP contribution in [0.2, 0.25) is 0 Å². The maximum atomic E-state index is 13.6. The Morgan fingerprint density at radius 2 is 1.94 bits per heavy atom. The van der Waals surface area contributed by atoms with Crippen LogP contribution in [-0.4, -0.2) is 27.5 Å². The van der Waals surface area contributed by atoms with Crippen LogP contribution in [0.25, 0.3) is 11.0 Å². The fourth-order valence-corrected chi connectivity index (χ4v) is 4.55. The van der Waals surface area contributed by atoms with Crippen molar-refractivity contribution in [2.75, 3.05) is 7.11 Å². The van der Waals surface area contributed by atoms with Gasteiger partial charge in [0.25, 0.3) is 11.5 Å². The maximum Gasteiger partial charge on any atom is 0.272 e. The van der Waals surface area contributed by atoms with E-state index in [9.17, 15) is 9.59 Å². The Kier molecular flexibility index (Phi) is 6.37. The number of benzene rings is 2. The second-order valence-corrected chi connectivity index (χ2v) is 8.53. The molecule has 2 heterocycles. The Balaban J connectivity index is 1.73. The maximum absolute atomic E-state index is 13.6. The molecule has 0 radical (unpaired) electrons. The van der Waals surface area contributed by atoms with Gasteiger partial charge >= 0.3 is 0 Å². The van der Waals surface area contributed by atoms with E-state index in [0.29, 0.717) is 36.4 Å². The average Bonchev–Trinajstić information content (AvgIpc) is 3.32. The third-order valence-electron chi connectivity index (χ3n) is 5.44. The minimum atomic E-state index is -0.102. The van der Waals surface area contributed by atoms with Crippen molar-refractivity contribution in [3.05, 3.63) is 92.0 Å². The van der Waals surface area contributed by atoms with Gasteiger partial charge in [0, 0.05) is 22.5 Å². The van der Waals surface area contributed by atoms with Gasteiger partial charge in [-0.2, -0.15) is 0 Å². The highest BCUT2D eigenvalue weighted by Crippen LogP contribution is 2.24. The van der Waals surface area contributed by atoms with E-state index in [0.717, 1.165) is 21.7 Å². The molecule has 2 aromatic heterocycles. The number of para-hydroxylation sites is 1. The number of thiophene rings is 1. The van der Waals surface area contributed by atoms with E-state index < -0.39 is 0 Å². The van der Waals surface area contributed by atoms with Crippen molar-refractivity contribution in [2.24, 2.45) is 0 Å². The van der Waals surface area contributed by atoms with Crippen LogP contribution in [0.3, 0.4) is 0 Å². The molecule has 32 heavy (non-hydrogen) atoms. The monoisotopic (exact) mass is 447 g/mol. The van der Waals surface area contributed by atoms with Gasteiger partial charge in [0.1, 0.15) is 11.4 Å². The summed E-state index contributed by atoms with van der Waals surface area (Å²) in [5.74, 6) is 0.652. The van der Waals surface area contributed by atoms with Gasteiger partial charge in [-0.25, -0.2) is 4.98 Å². The van der Waals surface area contributed by atoms with Crippen molar-refractivity contribution in [3.63, 3.8) is 0 Å². The fraction of sp³-hybridized carbons (Fsp3) is 0.240. The third-order valence-corrected chi connectivity index (χ3v) is 6.30. The van der Waals surface area contributed by atoms with Crippen LogP contribution in [-0.2, 0) is 19.6 Å². The molecule has 0 saturated heterocycles. The molecule has 0 aliphatic heterocycles. The van der Waals surface area contributed by atoms with E-state index in [4.69, 9.17) is 4.74 Å². The van der Waals surface area contributed by atoms with E-state index >= 15 is 0 Å². The number of carbonyl (C=O) groups excluding carboxylic acids is 1. The van der Waals surface area contributed by atoms with Gasteiger partial charge in [0.2, 0.25) is 0 Å². The van der Waals surface area contributed by atoms with Crippen molar-refractivity contribution in [3.8, 4) is 5.75 Å². The van der Waals surface area contributed by atoms with Crippen LogP contribution in [0, 0.1) is 6.92 Å². The van der Waals surface area contributed by atoms with E-state index in [-0.39, 0.29) is 11.5 Å². The largest absolute Gasteiger partial charge is 0.496 e. The molecule has 0 N–H and O–H groups in total. The Bertz CT molecular complexity index is 1310. The minimum absolute atomic E-state index is 0.0973. The molecular formula is C25H25N3O3S. The minimum Gasteiger partial charge on any atom is -0.496 e. The number of ether oxygens (including phenoxy) is 1. The lowest BCUT2D eigenvalue weighted by Gasteiger charge is -2.24. The topological polar surface area (TPSA) is 64.4 Å². The van der Waals surface area contributed by atoms with Crippen LogP contribution in [0.1, 0.15) is 33.4 Å². The number of fused-ring (bicyclic) bond motifs is 1.